The summed E-state index contributed by atoms with van der Waals surface area (Å²) >= 11 is 0. The Morgan fingerprint density at radius 3 is 2.50 bits per heavy atom. The molecule has 134 valence electrons. The smallest absolute Gasteiger partial charge is 0.377 e. The van der Waals surface area contributed by atoms with Gasteiger partial charge in [0.05, 0.1) is 22.2 Å². The number of allylic oxidation sites excluding steroid dienone is 2. The van der Waals surface area contributed by atoms with Crippen LogP contribution in [0.3, 0.4) is 0 Å². The van der Waals surface area contributed by atoms with Crippen LogP contribution in [0.5, 0.6) is 0 Å². The highest BCUT2D eigenvalue weighted by molar-refractivity contribution is 5.65. The molecule has 1 aliphatic carbocycles. The number of non-ortho nitro benzene ring substituents is 1. The molecule has 26 heavy (non-hydrogen) atoms. The molecule has 7 heteroatoms. The van der Waals surface area contributed by atoms with Gasteiger partial charge in [0.2, 0.25) is 0 Å². The molecule has 2 aromatic carbocycles. The number of halogens is 3. The average Bonchev–Trinajstić information content (AvgIpc) is 3.09. The topological polar surface area (TPSA) is 55.2 Å². The number of anilines is 1. The summed E-state index contributed by atoms with van der Waals surface area (Å²) in [5.74, 6) is -0.0267. The number of hydrogen-bond acceptors (Lipinski definition) is 3. The van der Waals surface area contributed by atoms with Gasteiger partial charge in [-0.2, -0.15) is 13.2 Å². The molecule has 0 saturated heterocycles. The zero-order valence-corrected chi connectivity index (χ0v) is 13.5. The lowest BCUT2D eigenvalue weighted by atomic mass is 9.76. The minimum atomic E-state index is -4.45. The van der Waals surface area contributed by atoms with E-state index < -0.39 is 16.7 Å². The average molecular weight is 360 g/mol. The van der Waals surface area contributed by atoms with E-state index in [0.29, 0.717) is 5.56 Å². The number of nitrogens with zero attached hydrogens (tertiary/aromatic N) is 1. The highest BCUT2D eigenvalue weighted by Crippen LogP contribution is 2.52. The highest BCUT2D eigenvalue weighted by Gasteiger charge is 2.42. The van der Waals surface area contributed by atoms with Crippen molar-refractivity contribution in [2.45, 2.75) is 24.6 Å². The van der Waals surface area contributed by atoms with Crippen molar-refractivity contribution in [1.82, 2.24) is 0 Å². The maximum atomic E-state index is 13.5. The molecular weight excluding hydrogens is 345 g/mol. The zero-order valence-electron chi connectivity index (χ0n) is 13.5. The Morgan fingerprint density at radius 2 is 1.85 bits per heavy atom. The first kappa shape index (κ1) is 16.6. The first-order chi connectivity index (χ1) is 12.4. The lowest BCUT2D eigenvalue weighted by molar-refractivity contribution is -0.384. The summed E-state index contributed by atoms with van der Waals surface area (Å²) in [5, 5.41) is 13.9. The molecule has 0 spiro atoms. The van der Waals surface area contributed by atoms with Gasteiger partial charge in [-0.05, 0) is 29.5 Å². The van der Waals surface area contributed by atoms with Crippen molar-refractivity contribution in [2.75, 3.05) is 5.32 Å². The van der Waals surface area contributed by atoms with Crippen molar-refractivity contribution in [2.24, 2.45) is 5.92 Å². The van der Waals surface area contributed by atoms with Crippen LogP contribution in [-0.2, 0) is 6.18 Å². The largest absolute Gasteiger partial charge is 0.418 e. The van der Waals surface area contributed by atoms with Crippen LogP contribution >= 0.6 is 0 Å². The molecule has 0 amide bonds. The van der Waals surface area contributed by atoms with Gasteiger partial charge in [0, 0.05) is 18.1 Å². The van der Waals surface area contributed by atoms with E-state index in [1.807, 2.05) is 12.2 Å². The van der Waals surface area contributed by atoms with Crippen molar-refractivity contribution < 1.29 is 18.1 Å². The number of rotatable bonds is 2. The van der Waals surface area contributed by atoms with Crippen molar-refractivity contribution in [3.8, 4) is 0 Å². The summed E-state index contributed by atoms with van der Waals surface area (Å²) in [5.41, 5.74) is 0.785. The second-order valence-corrected chi connectivity index (χ2v) is 6.59. The molecule has 0 saturated carbocycles. The minimum absolute atomic E-state index is 0.0398. The Bertz CT molecular complexity index is 891. The van der Waals surface area contributed by atoms with Gasteiger partial charge in [-0.25, -0.2) is 0 Å². The number of para-hydroxylation sites is 1. The van der Waals surface area contributed by atoms with Crippen LogP contribution in [0.25, 0.3) is 0 Å². The summed E-state index contributed by atoms with van der Waals surface area (Å²) in [7, 11) is 0. The minimum Gasteiger partial charge on any atom is -0.377 e. The number of nitro groups is 1. The van der Waals surface area contributed by atoms with Crippen LogP contribution in [0.2, 0.25) is 0 Å². The highest BCUT2D eigenvalue weighted by atomic mass is 19.4. The number of fused-ring (bicyclic) bond motifs is 3. The molecule has 2 aliphatic rings. The van der Waals surface area contributed by atoms with Gasteiger partial charge < -0.3 is 5.32 Å². The third-order valence-corrected chi connectivity index (χ3v) is 5.17. The number of nitro benzene ring substituents is 1. The van der Waals surface area contributed by atoms with Crippen LogP contribution in [0.15, 0.2) is 54.6 Å². The maximum absolute atomic E-state index is 13.5. The zero-order chi connectivity index (χ0) is 18.5. The monoisotopic (exact) mass is 360 g/mol. The lowest BCUT2D eigenvalue weighted by Gasteiger charge is -2.38. The molecule has 4 rings (SSSR count). The third kappa shape index (κ3) is 2.64. The third-order valence-electron chi connectivity index (χ3n) is 5.17. The molecule has 0 bridgehead atoms. The van der Waals surface area contributed by atoms with Gasteiger partial charge in [0.15, 0.2) is 0 Å². The molecule has 1 N–H and O–H groups in total. The van der Waals surface area contributed by atoms with Crippen LogP contribution in [-0.4, -0.2) is 4.92 Å². The predicted octanol–water partition coefficient (Wildman–Crippen LogP) is 5.44. The van der Waals surface area contributed by atoms with E-state index in [9.17, 15) is 23.3 Å². The fourth-order valence-electron chi connectivity index (χ4n) is 3.99. The fourth-order valence-corrected chi connectivity index (χ4v) is 3.99. The summed E-state index contributed by atoms with van der Waals surface area (Å²) in [6.07, 6.45) is 0.246. The van der Waals surface area contributed by atoms with E-state index >= 15 is 0 Å². The lowest BCUT2D eigenvalue weighted by Crippen LogP contribution is -2.30. The van der Waals surface area contributed by atoms with Gasteiger partial charge in [-0.15, -0.1) is 0 Å². The van der Waals surface area contributed by atoms with Gasteiger partial charge in [0.1, 0.15) is 0 Å². The molecule has 0 fully saturated rings. The molecule has 0 unspecified atom stereocenters. The van der Waals surface area contributed by atoms with E-state index in [4.69, 9.17) is 0 Å². The maximum Gasteiger partial charge on any atom is 0.418 e. The van der Waals surface area contributed by atoms with Gasteiger partial charge in [0.25, 0.3) is 5.69 Å². The standard InChI is InChI=1S/C19H15F3N2O2/c20-19(21,22)16-6-2-5-15-13-3-1-4-14(13)17(23-18(15)16)11-7-9-12(10-8-11)24(25)26/h1-3,5-10,13-14,17,23H,4H2/t13-,14-,17-/m0/s1. The molecule has 2 aromatic rings. The summed E-state index contributed by atoms with van der Waals surface area (Å²) in [4.78, 5) is 10.4. The molecule has 4 nitrogen and oxygen atoms in total. The van der Waals surface area contributed by atoms with Crippen LogP contribution in [0.1, 0.15) is 35.1 Å². The fraction of sp³-hybridized carbons (Fsp3) is 0.263. The van der Waals surface area contributed by atoms with E-state index in [1.54, 1.807) is 18.2 Å². The van der Waals surface area contributed by atoms with Crippen LogP contribution in [0.4, 0.5) is 24.5 Å². The Morgan fingerprint density at radius 1 is 1.12 bits per heavy atom. The predicted molar refractivity (Wildman–Crippen MR) is 90.9 cm³/mol. The quantitative estimate of drug-likeness (QED) is 0.441. The number of alkyl halides is 3. The van der Waals surface area contributed by atoms with Crippen molar-refractivity contribution in [1.29, 1.82) is 0 Å². The second-order valence-electron chi connectivity index (χ2n) is 6.59. The molecule has 0 radical (unpaired) electrons. The molecule has 1 aliphatic heterocycles. The van der Waals surface area contributed by atoms with Crippen molar-refractivity contribution >= 4 is 11.4 Å². The number of benzene rings is 2. The second kappa shape index (κ2) is 5.86. The Hall–Kier alpha value is -2.83. The first-order valence-electron chi connectivity index (χ1n) is 8.24. The summed E-state index contributed by atoms with van der Waals surface area (Å²) < 4.78 is 40.4. The molecule has 0 aromatic heterocycles. The molecular formula is C19H15F3N2O2. The van der Waals surface area contributed by atoms with Crippen LogP contribution in [0, 0.1) is 16.0 Å². The van der Waals surface area contributed by atoms with Gasteiger partial charge in [-0.1, -0.05) is 36.4 Å². The van der Waals surface area contributed by atoms with Gasteiger partial charge in [-0.3, -0.25) is 10.1 Å². The first-order valence-corrected chi connectivity index (χ1v) is 8.24. The summed E-state index contributed by atoms with van der Waals surface area (Å²) in [6, 6.07) is 9.93. The van der Waals surface area contributed by atoms with Gasteiger partial charge >= 0.3 is 6.18 Å². The Balaban J connectivity index is 1.79. The molecule has 1 heterocycles. The van der Waals surface area contributed by atoms with E-state index in [-0.39, 0.29) is 29.3 Å². The van der Waals surface area contributed by atoms with E-state index in [1.165, 1.54) is 18.2 Å². The van der Waals surface area contributed by atoms with Crippen LogP contribution < -0.4 is 5.32 Å². The Kier molecular flexibility index (Phi) is 3.75. The van der Waals surface area contributed by atoms with E-state index in [2.05, 4.69) is 5.32 Å². The molecule has 3 atom stereocenters. The number of nitrogens with one attached hydrogen (secondary N) is 1. The van der Waals surface area contributed by atoms with Crippen molar-refractivity contribution in [3.63, 3.8) is 0 Å². The SMILES string of the molecule is O=[N+]([O-])c1ccc([C@@H]2Nc3c(cccc3C(F)(F)F)[C@H]3C=CC[C@@H]32)cc1. The number of hydrogen-bond donors (Lipinski definition) is 1. The Labute approximate surface area is 147 Å². The summed E-state index contributed by atoms with van der Waals surface area (Å²) in [6.45, 7) is 0. The van der Waals surface area contributed by atoms with E-state index in [0.717, 1.165) is 18.1 Å². The van der Waals surface area contributed by atoms with Crippen molar-refractivity contribution in [3.05, 3.63) is 81.4 Å². The normalized spacial score (nSPS) is 23.9.